The predicted octanol–water partition coefficient (Wildman–Crippen LogP) is 6.14. The molecule has 0 aliphatic carbocycles. The molecule has 1 unspecified atom stereocenters. The van der Waals surface area contributed by atoms with Crippen LogP contribution in [0.3, 0.4) is 0 Å². The first-order chi connectivity index (χ1) is 11.5. The Morgan fingerprint density at radius 2 is 1.62 bits per heavy atom. The predicted molar refractivity (Wildman–Crippen MR) is 103 cm³/mol. The third-order valence-corrected chi connectivity index (χ3v) is 4.13. The van der Waals surface area contributed by atoms with Crippen molar-refractivity contribution in [3.05, 3.63) is 42.7 Å². The van der Waals surface area contributed by atoms with Crippen LogP contribution >= 0.6 is 0 Å². The number of carbonyl (C=O) groups is 2. The fraction of sp³-hybridized carbons (Fsp3) is 0.591. The number of ketones is 2. The van der Waals surface area contributed by atoms with Gasteiger partial charge in [-0.3, -0.25) is 9.59 Å². The lowest BCUT2D eigenvalue weighted by atomic mass is 9.90. The van der Waals surface area contributed by atoms with E-state index < -0.39 is 0 Å². The number of unbranched alkanes of at least 4 members (excludes halogenated alkanes) is 6. The Labute approximate surface area is 148 Å². The highest BCUT2D eigenvalue weighted by Gasteiger charge is 2.15. The fourth-order valence-corrected chi connectivity index (χ4v) is 2.70. The van der Waals surface area contributed by atoms with E-state index in [0.29, 0.717) is 19.3 Å². The molecule has 2 heteroatoms. The smallest absolute Gasteiger partial charge is 0.155 e. The quantitative estimate of drug-likeness (QED) is 0.205. The van der Waals surface area contributed by atoms with Gasteiger partial charge >= 0.3 is 0 Å². The van der Waals surface area contributed by atoms with Crippen molar-refractivity contribution in [3.8, 4) is 0 Å². The maximum absolute atomic E-state index is 12.1. The first kappa shape index (κ1) is 22.3. The van der Waals surface area contributed by atoms with E-state index in [1.54, 1.807) is 6.08 Å². The van der Waals surface area contributed by atoms with E-state index in [9.17, 15) is 9.59 Å². The van der Waals surface area contributed by atoms with Crippen molar-refractivity contribution in [1.29, 1.82) is 0 Å². The maximum Gasteiger partial charge on any atom is 0.155 e. The molecule has 0 fully saturated rings. The summed E-state index contributed by atoms with van der Waals surface area (Å²) in [6.45, 7) is 11.3. The molecule has 0 amide bonds. The van der Waals surface area contributed by atoms with E-state index in [-0.39, 0.29) is 17.5 Å². The second-order valence-corrected chi connectivity index (χ2v) is 6.53. The van der Waals surface area contributed by atoms with Crippen LogP contribution in [0.2, 0.25) is 0 Å². The highest BCUT2D eigenvalue weighted by molar-refractivity contribution is 5.92. The van der Waals surface area contributed by atoms with Crippen molar-refractivity contribution in [3.63, 3.8) is 0 Å². The number of hydrogen-bond acceptors (Lipinski definition) is 2. The summed E-state index contributed by atoms with van der Waals surface area (Å²) in [5.41, 5.74) is 3.83. The zero-order valence-electron chi connectivity index (χ0n) is 15.6. The Kier molecular flexibility index (Phi) is 13.9. The van der Waals surface area contributed by atoms with Gasteiger partial charge in [-0.05, 0) is 49.8 Å². The van der Waals surface area contributed by atoms with Crippen LogP contribution in [-0.4, -0.2) is 11.6 Å². The lowest BCUT2D eigenvalue weighted by molar-refractivity contribution is -0.117. The van der Waals surface area contributed by atoms with Crippen LogP contribution in [0.25, 0.3) is 0 Å². The minimum atomic E-state index is -0.0132. The molecule has 0 N–H and O–H groups in total. The summed E-state index contributed by atoms with van der Waals surface area (Å²) >= 11 is 0. The molecule has 0 aliphatic heterocycles. The number of rotatable bonds is 15. The molecule has 0 aromatic rings. The zero-order valence-corrected chi connectivity index (χ0v) is 15.6. The van der Waals surface area contributed by atoms with Gasteiger partial charge in [-0.25, -0.2) is 0 Å². The summed E-state index contributed by atoms with van der Waals surface area (Å²) in [6, 6.07) is 0. The largest absolute Gasteiger partial charge is 0.295 e. The van der Waals surface area contributed by atoms with Crippen molar-refractivity contribution in [2.75, 3.05) is 0 Å². The van der Waals surface area contributed by atoms with E-state index in [1.165, 1.54) is 38.2 Å². The summed E-state index contributed by atoms with van der Waals surface area (Å²) < 4.78 is 0. The first-order valence-electron chi connectivity index (χ1n) is 9.23. The van der Waals surface area contributed by atoms with Crippen molar-refractivity contribution in [1.82, 2.24) is 0 Å². The van der Waals surface area contributed by atoms with Crippen molar-refractivity contribution in [2.45, 2.75) is 78.1 Å². The molecule has 0 bridgehead atoms. The summed E-state index contributed by atoms with van der Waals surface area (Å²) in [7, 11) is 0. The van der Waals surface area contributed by atoms with Crippen LogP contribution in [-0.2, 0) is 9.59 Å². The van der Waals surface area contributed by atoms with Gasteiger partial charge in [0.25, 0.3) is 0 Å². The van der Waals surface area contributed by atoms with E-state index in [1.807, 2.05) is 13.0 Å². The molecule has 0 aromatic heterocycles. The highest BCUT2D eigenvalue weighted by atomic mass is 16.1. The molecule has 0 spiro atoms. The molecular weight excluding hydrogens is 296 g/mol. The van der Waals surface area contributed by atoms with Crippen LogP contribution in [0.5, 0.6) is 0 Å². The van der Waals surface area contributed by atoms with E-state index in [2.05, 4.69) is 25.8 Å². The van der Waals surface area contributed by atoms with Crippen molar-refractivity contribution >= 4 is 11.6 Å². The minimum Gasteiger partial charge on any atom is -0.295 e. The number of hydrogen-bond donors (Lipinski definition) is 0. The monoisotopic (exact) mass is 330 g/mol. The van der Waals surface area contributed by atoms with Gasteiger partial charge in [0.15, 0.2) is 11.6 Å². The third kappa shape index (κ3) is 12.8. The number of carbonyl (C=O) groups excluding carboxylic acids is 2. The molecule has 0 saturated carbocycles. The lowest BCUT2D eigenvalue weighted by Gasteiger charge is -2.13. The standard InChI is InChI=1S/C22H34O2/c1-5-8-9-10-11-12-13-14-15-22(24)18-20(16-19(4)6-2)17-21(23)7-3/h7,14-15,20H,2-3,5,8-13,16-18H2,1,4H3/b15-14-. The Hall–Kier alpha value is -1.66. The van der Waals surface area contributed by atoms with E-state index in [4.69, 9.17) is 0 Å². The topological polar surface area (TPSA) is 34.1 Å². The fourth-order valence-electron chi connectivity index (χ4n) is 2.70. The van der Waals surface area contributed by atoms with Gasteiger partial charge < -0.3 is 0 Å². The molecule has 24 heavy (non-hydrogen) atoms. The normalized spacial score (nSPS) is 11.9. The molecule has 0 rings (SSSR count). The van der Waals surface area contributed by atoms with Gasteiger partial charge in [-0.15, -0.1) is 5.73 Å². The molecule has 1 atom stereocenters. The molecule has 134 valence electrons. The Bertz CT molecular complexity index is 464. The molecule has 2 nitrogen and oxygen atoms in total. The third-order valence-electron chi connectivity index (χ3n) is 4.13. The van der Waals surface area contributed by atoms with Gasteiger partial charge in [-0.1, -0.05) is 58.3 Å². The van der Waals surface area contributed by atoms with Crippen LogP contribution in [0.4, 0.5) is 0 Å². The first-order valence-corrected chi connectivity index (χ1v) is 9.23. The summed E-state index contributed by atoms with van der Waals surface area (Å²) in [5, 5.41) is 0. The molecule has 0 radical (unpaired) electrons. The van der Waals surface area contributed by atoms with E-state index >= 15 is 0 Å². The highest BCUT2D eigenvalue weighted by Crippen LogP contribution is 2.20. The van der Waals surface area contributed by atoms with Gasteiger partial charge in [0.2, 0.25) is 0 Å². The lowest BCUT2D eigenvalue weighted by Crippen LogP contribution is -2.11. The molecular formula is C22H34O2. The average molecular weight is 331 g/mol. The van der Waals surface area contributed by atoms with Gasteiger partial charge in [0.05, 0.1) is 0 Å². The minimum absolute atomic E-state index is 0.0101. The summed E-state index contributed by atoms with van der Waals surface area (Å²) in [5.74, 6) is 0.0939. The summed E-state index contributed by atoms with van der Waals surface area (Å²) in [4.78, 5) is 23.7. The molecule has 0 aliphatic rings. The maximum atomic E-state index is 12.1. The van der Waals surface area contributed by atoms with Crippen molar-refractivity contribution < 1.29 is 9.59 Å². The summed E-state index contributed by atoms with van der Waals surface area (Å²) in [6.07, 6.45) is 15.0. The van der Waals surface area contributed by atoms with Crippen molar-refractivity contribution in [2.24, 2.45) is 5.92 Å². The van der Waals surface area contributed by atoms with E-state index in [0.717, 1.165) is 18.4 Å². The Morgan fingerprint density at radius 1 is 1.00 bits per heavy atom. The zero-order chi connectivity index (χ0) is 18.2. The van der Waals surface area contributed by atoms with Crippen LogP contribution in [0, 0.1) is 5.92 Å². The SMILES string of the molecule is C=C=C(C)CC(CC(=O)C=C)CC(=O)/C=C\CCCCCCCC. The Balaban J connectivity index is 4.20. The van der Waals surface area contributed by atoms with Gasteiger partial charge in [0.1, 0.15) is 0 Å². The Morgan fingerprint density at radius 3 is 2.25 bits per heavy atom. The molecule has 0 aromatic carbocycles. The second-order valence-electron chi connectivity index (χ2n) is 6.53. The van der Waals surface area contributed by atoms with Crippen LogP contribution in [0.1, 0.15) is 78.1 Å². The second kappa shape index (κ2) is 14.9. The average Bonchev–Trinajstić information content (AvgIpc) is 2.56. The van der Waals surface area contributed by atoms with Crippen LogP contribution in [0.15, 0.2) is 42.7 Å². The van der Waals surface area contributed by atoms with Crippen LogP contribution < -0.4 is 0 Å². The molecule has 0 saturated heterocycles. The van der Waals surface area contributed by atoms with Gasteiger partial charge in [-0.2, -0.15) is 0 Å². The number of allylic oxidation sites excluding steroid dienone is 4. The van der Waals surface area contributed by atoms with Gasteiger partial charge in [0, 0.05) is 12.8 Å². The molecule has 0 heterocycles.